The van der Waals surface area contributed by atoms with E-state index < -0.39 is 5.60 Å². The Balaban J connectivity index is 1.74. The first-order chi connectivity index (χ1) is 10.1. The van der Waals surface area contributed by atoms with E-state index in [1.54, 1.807) is 0 Å². The fraction of sp³-hybridized carbons (Fsp3) is 0.647. The molecule has 0 bridgehead atoms. The first-order valence-electron chi connectivity index (χ1n) is 8.02. The van der Waals surface area contributed by atoms with E-state index in [4.69, 9.17) is 11.6 Å². The van der Waals surface area contributed by atoms with Crippen molar-refractivity contribution in [3.63, 3.8) is 0 Å². The molecule has 0 aromatic heterocycles. The highest BCUT2D eigenvalue weighted by Gasteiger charge is 2.33. The Morgan fingerprint density at radius 3 is 2.71 bits per heavy atom. The first-order valence-corrected chi connectivity index (χ1v) is 8.39. The number of nitrogens with zero attached hydrogens (tertiary/aromatic N) is 1. The molecule has 3 rings (SSSR count). The SMILES string of the molecule is CN(CC1(O)CCCC1)c1cccc(Cl)c1CNC1CC1. The molecule has 0 aliphatic heterocycles. The van der Waals surface area contributed by atoms with E-state index in [0.717, 1.165) is 48.5 Å². The number of aliphatic hydroxyl groups is 1. The second-order valence-electron chi connectivity index (χ2n) is 6.68. The molecule has 0 heterocycles. The van der Waals surface area contributed by atoms with Crippen LogP contribution >= 0.6 is 11.6 Å². The van der Waals surface area contributed by atoms with Crippen molar-refractivity contribution >= 4 is 17.3 Å². The molecule has 3 nitrogen and oxygen atoms in total. The maximum Gasteiger partial charge on any atom is 0.0821 e. The van der Waals surface area contributed by atoms with Gasteiger partial charge in [-0.2, -0.15) is 0 Å². The highest BCUT2D eigenvalue weighted by atomic mass is 35.5. The minimum absolute atomic E-state index is 0.530. The van der Waals surface area contributed by atoms with Crippen molar-refractivity contribution in [3.05, 3.63) is 28.8 Å². The van der Waals surface area contributed by atoms with Gasteiger partial charge in [-0.1, -0.05) is 30.5 Å². The summed E-state index contributed by atoms with van der Waals surface area (Å²) in [6.07, 6.45) is 6.64. The zero-order valence-electron chi connectivity index (χ0n) is 12.7. The first kappa shape index (κ1) is 15.1. The molecule has 2 aliphatic rings. The molecule has 1 aromatic rings. The van der Waals surface area contributed by atoms with E-state index in [0.29, 0.717) is 12.6 Å². The lowest BCUT2D eigenvalue weighted by atomic mass is 10.0. The molecule has 0 spiro atoms. The predicted octanol–water partition coefficient (Wildman–Crippen LogP) is 3.33. The van der Waals surface area contributed by atoms with Crippen molar-refractivity contribution in [2.75, 3.05) is 18.5 Å². The Kier molecular flexibility index (Phi) is 4.43. The third kappa shape index (κ3) is 3.71. The third-order valence-electron chi connectivity index (χ3n) is 4.72. The number of hydrogen-bond donors (Lipinski definition) is 2. The van der Waals surface area contributed by atoms with Gasteiger partial charge in [-0.25, -0.2) is 0 Å². The number of hydrogen-bond acceptors (Lipinski definition) is 3. The van der Waals surface area contributed by atoms with Gasteiger partial charge < -0.3 is 15.3 Å². The van der Waals surface area contributed by atoms with E-state index in [9.17, 15) is 5.11 Å². The zero-order valence-corrected chi connectivity index (χ0v) is 13.5. The second-order valence-corrected chi connectivity index (χ2v) is 7.09. The molecule has 2 fully saturated rings. The fourth-order valence-electron chi connectivity index (χ4n) is 3.33. The standard InChI is InChI=1S/C17H25ClN2O/c1-20(12-17(21)9-2-3-10-17)16-6-4-5-15(18)14(16)11-19-13-7-8-13/h4-6,13,19,21H,2-3,7-12H2,1H3. The predicted molar refractivity (Wildman–Crippen MR) is 88.0 cm³/mol. The normalized spacial score (nSPS) is 20.7. The van der Waals surface area contributed by atoms with Gasteiger partial charge in [0.1, 0.15) is 0 Å². The van der Waals surface area contributed by atoms with Gasteiger partial charge in [0.15, 0.2) is 0 Å². The number of benzene rings is 1. The number of nitrogens with one attached hydrogen (secondary N) is 1. The van der Waals surface area contributed by atoms with Crippen molar-refractivity contribution in [1.82, 2.24) is 5.32 Å². The largest absolute Gasteiger partial charge is 0.388 e. The topological polar surface area (TPSA) is 35.5 Å². The van der Waals surface area contributed by atoms with Gasteiger partial charge in [0.2, 0.25) is 0 Å². The van der Waals surface area contributed by atoms with Crippen LogP contribution in [0.3, 0.4) is 0 Å². The number of rotatable bonds is 6. The molecular formula is C17H25ClN2O. The van der Waals surface area contributed by atoms with Gasteiger partial charge in [0, 0.05) is 42.5 Å². The molecule has 0 amide bonds. The summed E-state index contributed by atoms with van der Waals surface area (Å²) in [6, 6.07) is 6.72. The minimum Gasteiger partial charge on any atom is -0.388 e. The molecule has 0 radical (unpaired) electrons. The smallest absolute Gasteiger partial charge is 0.0821 e. The van der Waals surface area contributed by atoms with Crippen LogP contribution in [0.2, 0.25) is 5.02 Å². The van der Waals surface area contributed by atoms with Crippen LogP contribution < -0.4 is 10.2 Å². The molecule has 2 saturated carbocycles. The molecule has 116 valence electrons. The monoisotopic (exact) mass is 308 g/mol. The van der Waals surface area contributed by atoms with E-state index >= 15 is 0 Å². The lowest BCUT2D eigenvalue weighted by Crippen LogP contribution is -2.39. The van der Waals surface area contributed by atoms with Crippen molar-refractivity contribution in [2.24, 2.45) is 0 Å². The van der Waals surface area contributed by atoms with Gasteiger partial charge in [0.05, 0.1) is 5.60 Å². The summed E-state index contributed by atoms with van der Waals surface area (Å²) in [6.45, 7) is 1.49. The second kappa shape index (κ2) is 6.15. The summed E-state index contributed by atoms with van der Waals surface area (Å²) in [7, 11) is 2.06. The average Bonchev–Trinajstić information content (AvgIpc) is 3.18. The summed E-state index contributed by atoms with van der Waals surface area (Å²) in [5.74, 6) is 0. The summed E-state index contributed by atoms with van der Waals surface area (Å²) in [4.78, 5) is 2.17. The van der Waals surface area contributed by atoms with Crippen molar-refractivity contribution in [3.8, 4) is 0 Å². The maximum atomic E-state index is 10.6. The van der Waals surface area contributed by atoms with Crippen LogP contribution in [0.15, 0.2) is 18.2 Å². The zero-order chi connectivity index (χ0) is 14.9. The third-order valence-corrected chi connectivity index (χ3v) is 5.07. The minimum atomic E-state index is -0.530. The Hall–Kier alpha value is -0.770. The van der Waals surface area contributed by atoms with Crippen molar-refractivity contribution < 1.29 is 5.11 Å². The van der Waals surface area contributed by atoms with E-state index in [1.807, 2.05) is 12.1 Å². The van der Waals surface area contributed by atoms with Crippen molar-refractivity contribution in [1.29, 1.82) is 0 Å². The Labute approximate surface area is 132 Å². The van der Waals surface area contributed by atoms with Crippen LogP contribution in [-0.4, -0.2) is 30.3 Å². The molecule has 21 heavy (non-hydrogen) atoms. The van der Waals surface area contributed by atoms with Gasteiger partial charge in [-0.3, -0.25) is 0 Å². The lowest BCUT2D eigenvalue weighted by molar-refractivity contribution is 0.0559. The average molecular weight is 309 g/mol. The Morgan fingerprint density at radius 1 is 1.33 bits per heavy atom. The molecule has 0 atom stereocenters. The molecule has 2 N–H and O–H groups in total. The molecule has 2 aliphatic carbocycles. The molecule has 0 unspecified atom stereocenters. The van der Waals surface area contributed by atoms with Gasteiger partial charge in [-0.05, 0) is 37.8 Å². The van der Waals surface area contributed by atoms with Gasteiger partial charge >= 0.3 is 0 Å². The highest BCUT2D eigenvalue weighted by Crippen LogP contribution is 2.33. The fourth-order valence-corrected chi connectivity index (χ4v) is 3.57. The van der Waals surface area contributed by atoms with Gasteiger partial charge in [0.25, 0.3) is 0 Å². The lowest BCUT2D eigenvalue weighted by Gasteiger charge is -2.31. The van der Waals surface area contributed by atoms with Crippen molar-refractivity contribution in [2.45, 2.75) is 56.7 Å². The summed E-state index contributed by atoms with van der Waals surface area (Å²) >= 11 is 6.40. The summed E-state index contributed by atoms with van der Waals surface area (Å²) in [5.41, 5.74) is 1.75. The van der Waals surface area contributed by atoms with E-state index in [2.05, 4.69) is 23.3 Å². The van der Waals surface area contributed by atoms with Crippen LogP contribution in [0.4, 0.5) is 5.69 Å². The Morgan fingerprint density at radius 2 is 2.05 bits per heavy atom. The molecule has 1 aromatic carbocycles. The van der Waals surface area contributed by atoms with E-state index in [1.165, 1.54) is 12.8 Å². The van der Waals surface area contributed by atoms with Crippen LogP contribution in [0.1, 0.15) is 44.1 Å². The summed E-state index contributed by atoms with van der Waals surface area (Å²) in [5, 5.41) is 15.0. The quantitative estimate of drug-likeness (QED) is 0.846. The van der Waals surface area contributed by atoms with Crippen LogP contribution in [0.25, 0.3) is 0 Å². The van der Waals surface area contributed by atoms with Gasteiger partial charge in [-0.15, -0.1) is 0 Å². The van der Waals surface area contributed by atoms with Crippen LogP contribution in [0, 0.1) is 0 Å². The number of likely N-dealkylation sites (N-methyl/N-ethyl adjacent to an activating group) is 1. The summed E-state index contributed by atoms with van der Waals surface area (Å²) < 4.78 is 0. The van der Waals surface area contributed by atoms with Crippen LogP contribution in [0.5, 0.6) is 0 Å². The molecule has 4 heteroatoms. The number of halogens is 1. The molecule has 0 saturated heterocycles. The Bertz CT molecular complexity index is 496. The van der Waals surface area contributed by atoms with E-state index in [-0.39, 0.29) is 0 Å². The molecular weight excluding hydrogens is 284 g/mol. The van der Waals surface area contributed by atoms with Crippen LogP contribution in [-0.2, 0) is 6.54 Å². The maximum absolute atomic E-state index is 10.6. The highest BCUT2D eigenvalue weighted by molar-refractivity contribution is 6.31. The number of anilines is 1.